The van der Waals surface area contributed by atoms with E-state index in [9.17, 15) is 18.0 Å². The molecule has 0 radical (unpaired) electrons. The zero-order valence-electron chi connectivity index (χ0n) is 18.4. The first-order valence-corrected chi connectivity index (χ1v) is 12.6. The maximum absolute atomic E-state index is 14.4. The molecule has 4 nitrogen and oxygen atoms in total. The highest BCUT2D eigenvalue weighted by Crippen LogP contribution is 2.50. The Kier molecular flexibility index (Phi) is 5.97. The molecule has 1 N–H and O–H groups in total. The molecule has 2 aliphatic rings. The van der Waals surface area contributed by atoms with E-state index in [0.29, 0.717) is 21.9 Å². The van der Waals surface area contributed by atoms with Crippen molar-refractivity contribution < 1.29 is 22.8 Å². The first kappa shape index (κ1) is 24.3. The number of hydrogen-bond acceptors (Lipinski definition) is 4. The molecule has 1 unspecified atom stereocenters. The molecule has 0 aromatic heterocycles. The summed E-state index contributed by atoms with van der Waals surface area (Å²) in [7, 11) is 0. The fraction of sp³-hybridized carbons (Fsp3) is 0.280. The molecule has 2 heterocycles. The van der Waals surface area contributed by atoms with E-state index in [4.69, 9.17) is 28.0 Å². The van der Waals surface area contributed by atoms with Gasteiger partial charge < -0.3 is 10.2 Å². The summed E-state index contributed by atoms with van der Waals surface area (Å²) in [6.45, 7) is 1.99. The third-order valence-corrected chi connectivity index (χ3v) is 8.37. The first-order valence-electron chi connectivity index (χ1n) is 10.7. The molecule has 0 saturated carbocycles. The van der Waals surface area contributed by atoms with Gasteiger partial charge in [0, 0.05) is 44.7 Å². The van der Waals surface area contributed by atoms with Gasteiger partial charge in [-0.15, -0.1) is 0 Å². The lowest BCUT2D eigenvalue weighted by atomic mass is 9.85. The number of amides is 1. The van der Waals surface area contributed by atoms with Crippen molar-refractivity contribution in [1.29, 1.82) is 0 Å². The van der Waals surface area contributed by atoms with E-state index in [-0.39, 0.29) is 32.8 Å². The summed E-state index contributed by atoms with van der Waals surface area (Å²) in [6, 6.07) is 14.0. The number of thioether (sulfide) groups is 1. The normalized spacial score (nSPS) is 21.3. The Hall–Kier alpha value is -2.42. The summed E-state index contributed by atoms with van der Waals surface area (Å²) in [6.07, 6.45) is -5.36. The number of alkyl halides is 3. The SMILES string of the molecule is CC1(NC(=O)c2cccc3c(C4=NOC(c5cc(Cl)cc(Cl)c5)(C(F)(F)F)C4)cccc23)CSC1. The monoisotopic (exact) mass is 538 g/mol. The average molecular weight is 539 g/mol. The molecule has 1 saturated heterocycles. The third kappa shape index (κ3) is 4.26. The van der Waals surface area contributed by atoms with Crippen LogP contribution in [0.3, 0.4) is 0 Å². The van der Waals surface area contributed by atoms with Gasteiger partial charge in [-0.25, -0.2) is 0 Å². The van der Waals surface area contributed by atoms with Crippen LogP contribution in [-0.4, -0.2) is 34.8 Å². The zero-order valence-corrected chi connectivity index (χ0v) is 20.7. The van der Waals surface area contributed by atoms with Gasteiger partial charge in [0.05, 0.1) is 11.3 Å². The van der Waals surface area contributed by atoms with E-state index in [1.807, 2.05) is 6.92 Å². The predicted molar refractivity (Wildman–Crippen MR) is 134 cm³/mol. The van der Waals surface area contributed by atoms with Gasteiger partial charge in [0.1, 0.15) is 0 Å². The maximum atomic E-state index is 14.4. The van der Waals surface area contributed by atoms with E-state index in [1.54, 1.807) is 48.2 Å². The average Bonchev–Trinajstić information content (AvgIpc) is 3.23. The lowest BCUT2D eigenvalue weighted by molar-refractivity contribution is -0.275. The highest BCUT2D eigenvalue weighted by molar-refractivity contribution is 8.00. The fourth-order valence-corrected chi connectivity index (χ4v) is 5.90. The van der Waals surface area contributed by atoms with E-state index < -0.39 is 18.2 Å². The smallest absolute Gasteiger partial charge is 0.374 e. The molecule has 1 fully saturated rings. The van der Waals surface area contributed by atoms with Crippen molar-refractivity contribution in [3.63, 3.8) is 0 Å². The lowest BCUT2D eigenvalue weighted by Gasteiger charge is -2.38. The first-order chi connectivity index (χ1) is 16.5. The Morgan fingerprint density at radius 3 is 2.34 bits per heavy atom. The minimum absolute atomic E-state index is 0.0625. The van der Waals surface area contributed by atoms with Gasteiger partial charge in [0.25, 0.3) is 11.5 Å². The molecule has 0 aliphatic carbocycles. The molecule has 35 heavy (non-hydrogen) atoms. The van der Waals surface area contributed by atoms with Crippen LogP contribution in [0.1, 0.15) is 34.8 Å². The van der Waals surface area contributed by atoms with Crippen molar-refractivity contribution in [3.05, 3.63) is 81.3 Å². The van der Waals surface area contributed by atoms with Crippen molar-refractivity contribution in [1.82, 2.24) is 5.32 Å². The number of carbonyl (C=O) groups excluding carboxylic acids is 1. The van der Waals surface area contributed by atoms with Gasteiger partial charge in [0.2, 0.25) is 0 Å². The van der Waals surface area contributed by atoms with Crippen molar-refractivity contribution in [2.75, 3.05) is 11.5 Å². The highest BCUT2D eigenvalue weighted by atomic mass is 35.5. The van der Waals surface area contributed by atoms with Gasteiger partial charge in [-0.3, -0.25) is 4.79 Å². The number of hydrogen-bond donors (Lipinski definition) is 1. The Labute approximate surface area is 213 Å². The van der Waals surface area contributed by atoms with Gasteiger partial charge in [-0.05, 0) is 42.0 Å². The quantitative estimate of drug-likeness (QED) is 0.390. The molecule has 1 amide bonds. The van der Waals surface area contributed by atoms with E-state index in [1.165, 1.54) is 18.2 Å². The molecule has 10 heteroatoms. The number of carbonyl (C=O) groups is 1. The van der Waals surface area contributed by atoms with Crippen molar-refractivity contribution in [3.8, 4) is 0 Å². The van der Waals surface area contributed by atoms with Crippen LogP contribution in [0.25, 0.3) is 10.8 Å². The van der Waals surface area contributed by atoms with Crippen LogP contribution in [0.2, 0.25) is 10.0 Å². The molecule has 5 rings (SSSR count). The number of oxime groups is 1. The summed E-state index contributed by atoms with van der Waals surface area (Å²) in [5.41, 5.74) is -2.20. The zero-order chi connectivity index (χ0) is 25.0. The molecule has 3 aromatic carbocycles. The molecule has 182 valence electrons. The molecule has 0 spiro atoms. The summed E-state index contributed by atoms with van der Waals surface area (Å²) in [5, 5.41) is 8.30. The minimum Gasteiger partial charge on any atom is -0.374 e. The molecular formula is C25H19Cl2F3N2O2S. The second-order valence-corrected chi connectivity index (χ2v) is 10.9. The molecule has 1 atom stereocenters. The largest absolute Gasteiger partial charge is 0.435 e. The van der Waals surface area contributed by atoms with Gasteiger partial charge in [0.15, 0.2) is 0 Å². The number of halogens is 5. The molecule has 0 bridgehead atoms. The molecular weight excluding hydrogens is 520 g/mol. The second kappa shape index (κ2) is 8.61. The van der Waals surface area contributed by atoms with Crippen LogP contribution in [0.4, 0.5) is 13.2 Å². The van der Waals surface area contributed by atoms with Crippen molar-refractivity contribution in [2.24, 2.45) is 5.16 Å². The van der Waals surface area contributed by atoms with E-state index in [0.717, 1.165) is 11.5 Å². The summed E-state index contributed by atoms with van der Waals surface area (Å²) in [4.78, 5) is 18.2. The topological polar surface area (TPSA) is 50.7 Å². The van der Waals surface area contributed by atoms with Crippen LogP contribution in [0, 0.1) is 0 Å². The van der Waals surface area contributed by atoms with Gasteiger partial charge >= 0.3 is 6.18 Å². The Balaban J connectivity index is 1.54. The Morgan fingerprint density at radius 2 is 1.71 bits per heavy atom. The fourth-order valence-electron chi connectivity index (χ4n) is 4.42. The van der Waals surface area contributed by atoms with Gasteiger partial charge in [-0.1, -0.05) is 58.7 Å². The summed E-state index contributed by atoms with van der Waals surface area (Å²) in [5.74, 6) is 1.43. The van der Waals surface area contributed by atoms with Crippen LogP contribution >= 0.6 is 35.0 Å². The lowest BCUT2D eigenvalue weighted by Crippen LogP contribution is -2.55. The minimum atomic E-state index is -4.79. The number of rotatable bonds is 4. The second-order valence-electron chi connectivity index (χ2n) is 9.00. The Bertz CT molecular complexity index is 1350. The highest BCUT2D eigenvalue weighted by Gasteiger charge is 2.62. The van der Waals surface area contributed by atoms with Crippen molar-refractivity contribution >= 4 is 57.4 Å². The number of benzene rings is 3. The maximum Gasteiger partial charge on any atom is 0.435 e. The van der Waals surface area contributed by atoms with Gasteiger partial charge in [-0.2, -0.15) is 24.9 Å². The van der Waals surface area contributed by atoms with E-state index in [2.05, 4.69) is 10.5 Å². The Morgan fingerprint density at radius 1 is 1.06 bits per heavy atom. The predicted octanol–water partition coefficient (Wildman–Crippen LogP) is 6.96. The van der Waals surface area contributed by atoms with E-state index >= 15 is 0 Å². The van der Waals surface area contributed by atoms with Crippen LogP contribution in [-0.2, 0) is 10.4 Å². The summed E-state index contributed by atoms with van der Waals surface area (Å²) >= 11 is 13.7. The summed E-state index contributed by atoms with van der Waals surface area (Å²) < 4.78 is 43.2. The van der Waals surface area contributed by atoms with Crippen LogP contribution < -0.4 is 5.32 Å². The third-order valence-electron chi connectivity index (χ3n) is 6.25. The number of nitrogens with one attached hydrogen (secondary N) is 1. The number of nitrogens with zero attached hydrogens (tertiary/aromatic N) is 1. The molecule has 2 aliphatic heterocycles. The standard InChI is InChI=1S/C25H19Cl2F3N2O2S/c1-23(12-35-13-23)31-22(33)20-7-3-4-17-18(20)5-2-6-19(17)21-11-24(34-32-21,25(28,29)30)14-8-15(26)10-16(27)9-14/h2-10H,11-13H2,1H3,(H,31,33). The van der Waals surface area contributed by atoms with Crippen LogP contribution in [0.15, 0.2) is 59.8 Å². The molecule has 3 aromatic rings. The number of fused-ring (bicyclic) bond motifs is 1. The van der Waals surface area contributed by atoms with Crippen LogP contribution in [0.5, 0.6) is 0 Å². The van der Waals surface area contributed by atoms with Crippen molar-refractivity contribution in [2.45, 2.75) is 30.7 Å².